The zero-order valence-corrected chi connectivity index (χ0v) is 18.3. The Labute approximate surface area is 180 Å². The Kier molecular flexibility index (Phi) is 7.55. The van der Waals surface area contributed by atoms with E-state index in [0.29, 0.717) is 33.2 Å². The molecule has 0 radical (unpaired) electrons. The van der Waals surface area contributed by atoms with Crippen LogP contribution in [0.5, 0.6) is 11.5 Å². The second-order valence-electron chi connectivity index (χ2n) is 7.05. The van der Waals surface area contributed by atoms with Gasteiger partial charge in [-0.1, -0.05) is 55.7 Å². The van der Waals surface area contributed by atoms with Crippen molar-refractivity contribution in [3.63, 3.8) is 0 Å². The number of methoxy groups -OCH3 is 2. The number of ether oxygens (including phenoxy) is 3. The summed E-state index contributed by atoms with van der Waals surface area (Å²) in [4.78, 5) is 26.4. The first-order valence-electron chi connectivity index (χ1n) is 9.65. The van der Waals surface area contributed by atoms with Gasteiger partial charge in [0.2, 0.25) is 0 Å². The van der Waals surface area contributed by atoms with Gasteiger partial charge in [0.25, 0.3) is 5.91 Å². The summed E-state index contributed by atoms with van der Waals surface area (Å²) in [7, 11) is 2.82. The van der Waals surface area contributed by atoms with E-state index in [2.05, 4.69) is 4.74 Å². The Morgan fingerprint density at radius 3 is 2.72 bits per heavy atom. The summed E-state index contributed by atoms with van der Waals surface area (Å²) in [6, 6.07) is 5.27. The molecule has 2 fully saturated rings. The molecule has 1 saturated carbocycles. The van der Waals surface area contributed by atoms with E-state index in [4.69, 9.17) is 21.7 Å². The monoisotopic (exact) mass is 435 g/mol. The smallest absolute Gasteiger partial charge is 0.343 e. The lowest BCUT2D eigenvalue weighted by Crippen LogP contribution is -2.30. The van der Waals surface area contributed by atoms with Gasteiger partial charge in [0.05, 0.1) is 19.1 Å². The summed E-state index contributed by atoms with van der Waals surface area (Å²) in [5.41, 5.74) is 0.795. The molecule has 1 heterocycles. The molecule has 0 bridgehead atoms. The third-order valence-electron chi connectivity index (χ3n) is 5.17. The van der Waals surface area contributed by atoms with E-state index in [0.717, 1.165) is 12.0 Å². The van der Waals surface area contributed by atoms with Crippen LogP contribution in [0.2, 0.25) is 0 Å². The first-order valence-corrected chi connectivity index (χ1v) is 10.9. The molecule has 0 unspecified atom stereocenters. The molecule has 1 aliphatic heterocycles. The highest BCUT2D eigenvalue weighted by molar-refractivity contribution is 8.26. The highest BCUT2D eigenvalue weighted by Crippen LogP contribution is 2.36. The van der Waals surface area contributed by atoms with Gasteiger partial charge in [-0.2, -0.15) is 0 Å². The van der Waals surface area contributed by atoms with Gasteiger partial charge in [0.15, 0.2) is 18.1 Å². The molecule has 8 heteroatoms. The van der Waals surface area contributed by atoms with Crippen LogP contribution in [0.25, 0.3) is 6.08 Å². The lowest BCUT2D eigenvalue weighted by Gasteiger charge is -2.17. The standard InChI is InChI=1S/C21H25NO5S2/c1-25-17-11-15(7-8-16(17)27-13-19(23)26-2)12-18-20(24)22(21(28)29-18)10-9-14-5-3-4-6-14/h7-8,11-12,14H,3-6,9-10,13H2,1-2H3. The minimum absolute atomic E-state index is 0.0389. The number of carbonyl (C=O) groups excluding carboxylic acids is 2. The molecule has 29 heavy (non-hydrogen) atoms. The molecule has 6 nitrogen and oxygen atoms in total. The maximum atomic E-state index is 12.8. The number of thioether (sulfide) groups is 1. The molecular weight excluding hydrogens is 410 g/mol. The highest BCUT2D eigenvalue weighted by atomic mass is 32.2. The number of rotatable bonds is 8. The molecule has 3 rings (SSSR count). The van der Waals surface area contributed by atoms with Crippen molar-refractivity contribution >= 4 is 46.3 Å². The Morgan fingerprint density at radius 1 is 1.28 bits per heavy atom. The minimum atomic E-state index is -0.475. The van der Waals surface area contributed by atoms with E-state index in [-0.39, 0.29) is 12.5 Å². The van der Waals surface area contributed by atoms with Crippen LogP contribution in [0.1, 0.15) is 37.7 Å². The molecule has 1 aliphatic carbocycles. The zero-order valence-electron chi connectivity index (χ0n) is 16.6. The van der Waals surface area contributed by atoms with E-state index < -0.39 is 5.97 Å². The van der Waals surface area contributed by atoms with Crippen LogP contribution >= 0.6 is 24.0 Å². The van der Waals surface area contributed by atoms with Crippen LogP contribution in [-0.4, -0.2) is 48.5 Å². The fourth-order valence-electron chi connectivity index (χ4n) is 3.54. The van der Waals surface area contributed by atoms with Gasteiger partial charge in [0, 0.05) is 6.54 Å². The lowest BCUT2D eigenvalue weighted by molar-refractivity contribution is -0.142. The summed E-state index contributed by atoms with van der Waals surface area (Å²) >= 11 is 6.76. The maximum absolute atomic E-state index is 12.8. The number of nitrogens with zero attached hydrogens (tertiary/aromatic N) is 1. The largest absolute Gasteiger partial charge is 0.493 e. The van der Waals surface area contributed by atoms with Crippen LogP contribution in [0, 0.1) is 5.92 Å². The molecule has 1 saturated heterocycles. The van der Waals surface area contributed by atoms with Crippen LogP contribution < -0.4 is 9.47 Å². The summed E-state index contributed by atoms with van der Waals surface area (Å²) in [5, 5.41) is 0. The van der Waals surface area contributed by atoms with Crippen molar-refractivity contribution in [2.45, 2.75) is 32.1 Å². The van der Waals surface area contributed by atoms with Crippen LogP contribution in [0.4, 0.5) is 0 Å². The average molecular weight is 436 g/mol. The second kappa shape index (κ2) is 10.1. The molecule has 1 amide bonds. The third kappa shape index (κ3) is 5.51. The van der Waals surface area contributed by atoms with Crippen LogP contribution in [-0.2, 0) is 14.3 Å². The lowest BCUT2D eigenvalue weighted by atomic mass is 10.0. The van der Waals surface area contributed by atoms with Crippen molar-refractivity contribution < 1.29 is 23.8 Å². The summed E-state index contributed by atoms with van der Waals surface area (Å²) in [6.07, 6.45) is 7.93. The fraction of sp³-hybridized carbons (Fsp3) is 0.476. The predicted molar refractivity (Wildman–Crippen MR) is 117 cm³/mol. The van der Waals surface area contributed by atoms with E-state index >= 15 is 0 Å². The topological polar surface area (TPSA) is 65.1 Å². The number of hydrogen-bond acceptors (Lipinski definition) is 7. The van der Waals surface area contributed by atoms with Crippen LogP contribution in [0.3, 0.4) is 0 Å². The van der Waals surface area contributed by atoms with Gasteiger partial charge in [0.1, 0.15) is 4.32 Å². The summed E-state index contributed by atoms with van der Waals surface area (Å²) < 4.78 is 16.0. The van der Waals surface area contributed by atoms with Gasteiger partial charge in [-0.3, -0.25) is 9.69 Å². The summed E-state index contributed by atoms with van der Waals surface area (Å²) in [6.45, 7) is 0.488. The SMILES string of the molecule is COC(=O)COc1ccc(C=C2SC(=S)N(CCC3CCCC3)C2=O)cc1OC. The number of thiocarbonyl (C=S) groups is 1. The van der Waals surface area contributed by atoms with Crippen molar-refractivity contribution in [3.05, 3.63) is 28.7 Å². The van der Waals surface area contributed by atoms with Gasteiger partial charge < -0.3 is 14.2 Å². The van der Waals surface area contributed by atoms with Crippen molar-refractivity contribution in [1.82, 2.24) is 4.90 Å². The van der Waals surface area contributed by atoms with E-state index in [9.17, 15) is 9.59 Å². The number of esters is 1. The second-order valence-corrected chi connectivity index (χ2v) is 8.72. The molecule has 0 N–H and O–H groups in total. The van der Waals surface area contributed by atoms with Crippen molar-refractivity contribution in [1.29, 1.82) is 0 Å². The highest BCUT2D eigenvalue weighted by Gasteiger charge is 2.32. The number of amides is 1. The van der Waals surface area contributed by atoms with Crippen LogP contribution in [0.15, 0.2) is 23.1 Å². The molecule has 0 spiro atoms. The van der Waals surface area contributed by atoms with Gasteiger partial charge in [-0.25, -0.2) is 4.79 Å². The number of carbonyl (C=O) groups is 2. The quantitative estimate of drug-likeness (QED) is 0.347. The molecule has 2 aliphatic rings. The Bertz CT molecular complexity index is 817. The molecule has 0 atom stereocenters. The van der Waals surface area contributed by atoms with Gasteiger partial charge in [-0.15, -0.1) is 0 Å². The number of benzene rings is 1. The van der Waals surface area contributed by atoms with Crippen molar-refractivity contribution in [2.75, 3.05) is 27.4 Å². The first-order chi connectivity index (χ1) is 14.0. The Hall–Kier alpha value is -2.06. The minimum Gasteiger partial charge on any atom is -0.493 e. The van der Waals surface area contributed by atoms with E-state index in [1.165, 1.54) is 51.7 Å². The molecule has 156 valence electrons. The van der Waals surface area contributed by atoms with E-state index in [1.54, 1.807) is 23.1 Å². The molecule has 0 aromatic heterocycles. The van der Waals surface area contributed by atoms with Gasteiger partial charge >= 0.3 is 5.97 Å². The molecular formula is C21H25NO5S2. The first kappa shape index (κ1) is 21.6. The molecule has 1 aromatic carbocycles. The summed E-state index contributed by atoms with van der Waals surface area (Å²) in [5.74, 6) is 1.10. The molecule has 1 aromatic rings. The van der Waals surface area contributed by atoms with Crippen molar-refractivity contribution in [2.24, 2.45) is 5.92 Å². The normalized spacial score (nSPS) is 18.6. The Balaban J connectivity index is 1.67. The number of hydrogen-bond donors (Lipinski definition) is 0. The Morgan fingerprint density at radius 2 is 2.03 bits per heavy atom. The maximum Gasteiger partial charge on any atom is 0.343 e. The average Bonchev–Trinajstić information content (AvgIpc) is 3.33. The fourth-order valence-corrected chi connectivity index (χ4v) is 4.85. The third-order valence-corrected chi connectivity index (χ3v) is 6.55. The van der Waals surface area contributed by atoms with E-state index in [1.807, 2.05) is 6.08 Å². The zero-order chi connectivity index (χ0) is 20.8. The van der Waals surface area contributed by atoms with Crippen molar-refractivity contribution in [3.8, 4) is 11.5 Å². The predicted octanol–water partition coefficient (Wildman–Crippen LogP) is 4.03. The van der Waals surface area contributed by atoms with Gasteiger partial charge in [-0.05, 0) is 36.1 Å².